The maximum atomic E-state index is 2.42. The van der Waals surface area contributed by atoms with E-state index in [4.69, 9.17) is 0 Å². The molecule has 44 heavy (non-hydrogen) atoms. The van der Waals surface area contributed by atoms with Gasteiger partial charge in [-0.1, -0.05) is 109 Å². The molecule has 2 nitrogen and oxygen atoms in total. The van der Waals surface area contributed by atoms with Crippen LogP contribution in [0.25, 0.3) is 77.2 Å². The van der Waals surface area contributed by atoms with Crippen molar-refractivity contribution >= 4 is 43.6 Å². The van der Waals surface area contributed by atoms with Crippen molar-refractivity contribution in [2.75, 3.05) is 0 Å². The summed E-state index contributed by atoms with van der Waals surface area (Å²) in [5, 5.41) is 5.00. The largest absolute Gasteiger partial charge is 0.309 e. The molecule has 0 aliphatic carbocycles. The molecule has 9 rings (SSSR count). The molecule has 0 saturated heterocycles. The number of hydrogen-bond acceptors (Lipinski definition) is 0. The van der Waals surface area contributed by atoms with Gasteiger partial charge in [0.25, 0.3) is 0 Å². The number of benzene rings is 7. The Bertz CT molecular complexity index is 2270. The SMILES string of the molecule is c1ccc(-c2ccc3c(c2)c2cc4c(cc2n3-c2ccccc2)c2cc(-c3ccccc3)ccc2n4-c2ccccc2)cc1. The van der Waals surface area contributed by atoms with E-state index in [2.05, 4.69) is 179 Å². The minimum Gasteiger partial charge on any atom is -0.309 e. The molecular weight excluding hydrogens is 532 g/mol. The van der Waals surface area contributed by atoms with Crippen molar-refractivity contribution in [3.05, 3.63) is 170 Å². The van der Waals surface area contributed by atoms with E-state index in [0.717, 1.165) is 11.4 Å². The first kappa shape index (κ1) is 24.7. The molecular formula is C42H28N2. The van der Waals surface area contributed by atoms with Crippen molar-refractivity contribution in [3.8, 4) is 33.6 Å². The van der Waals surface area contributed by atoms with Crippen LogP contribution in [0.3, 0.4) is 0 Å². The second kappa shape index (κ2) is 9.86. The predicted octanol–water partition coefficient (Wildman–Crippen LogP) is 11.2. The number of rotatable bonds is 4. The average Bonchev–Trinajstić information content (AvgIpc) is 3.60. The molecule has 0 bridgehead atoms. The van der Waals surface area contributed by atoms with Gasteiger partial charge < -0.3 is 9.13 Å². The van der Waals surface area contributed by atoms with E-state index in [1.165, 1.54) is 65.9 Å². The Labute approximate surface area is 255 Å². The van der Waals surface area contributed by atoms with E-state index in [1.54, 1.807) is 0 Å². The van der Waals surface area contributed by atoms with Gasteiger partial charge in [0.1, 0.15) is 0 Å². The molecule has 9 aromatic rings. The molecule has 0 unspecified atom stereocenters. The van der Waals surface area contributed by atoms with E-state index < -0.39 is 0 Å². The van der Waals surface area contributed by atoms with Crippen LogP contribution in [0, 0.1) is 0 Å². The van der Waals surface area contributed by atoms with Gasteiger partial charge in [-0.05, 0) is 82.9 Å². The number of fused-ring (bicyclic) bond motifs is 6. The molecule has 0 radical (unpaired) electrons. The van der Waals surface area contributed by atoms with Crippen LogP contribution in [0.4, 0.5) is 0 Å². The van der Waals surface area contributed by atoms with Gasteiger partial charge >= 0.3 is 0 Å². The Kier molecular flexibility index (Phi) is 5.54. The van der Waals surface area contributed by atoms with Gasteiger partial charge in [0.2, 0.25) is 0 Å². The van der Waals surface area contributed by atoms with Gasteiger partial charge in [-0.25, -0.2) is 0 Å². The first-order chi connectivity index (χ1) is 21.8. The maximum absolute atomic E-state index is 2.42. The van der Waals surface area contributed by atoms with Crippen LogP contribution in [-0.2, 0) is 0 Å². The van der Waals surface area contributed by atoms with Gasteiger partial charge in [0, 0.05) is 32.9 Å². The Hall–Kier alpha value is -5.86. The van der Waals surface area contributed by atoms with E-state index in [-0.39, 0.29) is 0 Å². The summed E-state index contributed by atoms with van der Waals surface area (Å²) < 4.78 is 4.84. The molecule has 0 saturated carbocycles. The summed E-state index contributed by atoms with van der Waals surface area (Å²) in [5.74, 6) is 0. The molecule has 0 aliphatic heterocycles. The van der Waals surface area contributed by atoms with Gasteiger partial charge in [0.05, 0.1) is 22.1 Å². The van der Waals surface area contributed by atoms with Crippen molar-refractivity contribution in [2.24, 2.45) is 0 Å². The van der Waals surface area contributed by atoms with E-state index >= 15 is 0 Å². The molecule has 2 aromatic heterocycles. The molecule has 0 spiro atoms. The van der Waals surface area contributed by atoms with Crippen molar-refractivity contribution < 1.29 is 0 Å². The van der Waals surface area contributed by atoms with Crippen molar-refractivity contribution in [2.45, 2.75) is 0 Å². The summed E-state index contributed by atoms with van der Waals surface area (Å²) in [6.07, 6.45) is 0. The predicted molar refractivity (Wildman–Crippen MR) is 186 cm³/mol. The highest BCUT2D eigenvalue weighted by Crippen LogP contribution is 2.41. The highest BCUT2D eigenvalue weighted by molar-refractivity contribution is 6.19. The van der Waals surface area contributed by atoms with E-state index in [0.29, 0.717) is 0 Å². The Morgan fingerprint density at radius 3 is 0.977 bits per heavy atom. The van der Waals surface area contributed by atoms with Crippen molar-refractivity contribution in [1.82, 2.24) is 9.13 Å². The molecule has 206 valence electrons. The highest BCUT2D eigenvalue weighted by Gasteiger charge is 2.19. The monoisotopic (exact) mass is 560 g/mol. The number of nitrogens with zero attached hydrogens (tertiary/aromatic N) is 2. The zero-order valence-corrected chi connectivity index (χ0v) is 24.1. The molecule has 0 atom stereocenters. The molecule has 0 fully saturated rings. The van der Waals surface area contributed by atoms with Gasteiger partial charge in [0.15, 0.2) is 0 Å². The molecule has 7 aromatic carbocycles. The smallest absolute Gasteiger partial charge is 0.0548 e. The van der Waals surface area contributed by atoms with Crippen LogP contribution in [0.2, 0.25) is 0 Å². The summed E-state index contributed by atoms with van der Waals surface area (Å²) in [6, 6.07) is 61.4. The lowest BCUT2D eigenvalue weighted by Crippen LogP contribution is -1.94. The third-order valence-electron chi connectivity index (χ3n) is 8.89. The highest BCUT2D eigenvalue weighted by atomic mass is 15.0. The quantitative estimate of drug-likeness (QED) is 0.203. The Morgan fingerprint density at radius 2 is 0.591 bits per heavy atom. The standard InChI is InChI=1S/C42H28N2/c1-5-13-29(14-6-1)31-21-23-39-35(25-31)37-27-42-38(28-41(37)43(39)33-17-9-3-10-18-33)36-26-32(30-15-7-2-8-16-30)22-24-40(36)44(42)34-19-11-4-12-20-34/h1-28H. The fourth-order valence-corrected chi connectivity index (χ4v) is 6.86. The lowest BCUT2D eigenvalue weighted by Gasteiger charge is -2.09. The van der Waals surface area contributed by atoms with E-state index in [9.17, 15) is 0 Å². The van der Waals surface area contributed by atoms with Crippen molar-refractivity contribution in [3.63, 3.8) is 0 Å². The maximum Gasteiger partial charge on any atom is 0.0548 e. The van der Waals surface area contributed by atoms with Gasteiger partial charge in [-0.15, -0.1) is 0 Å². The molecule has 0 amide bonds. The van der Waals surface area contributed by atoms with Crippen LogP contribution in [0.1, 0.15) is 0 Å². The minimum absolute atomic E-state index is 1.16. The Balaban J connectivity index is 1.43. The first-order valence-corrected chi connectivity index (χ1v) is 15.1. The summed E-state index contributed by atoms with van der Waals surface area (Å²) >= 11 is 0. The lowest BCUT2D eigenvalue weighted by molar-refractivity contribution is 1.17. The average molecular weight is 561 g/mol. The van der Waals surface area contributed by atoms with Gasteiger partial charge in [-0.2, -0.15) is 0 Å². The zero-order chi connectivity index (χ0) is 29.0. The third-order valence-corrected chi connectivity index (χ3v) is 8.89. The minimum atomic E-state index is 1.16. The molecule has 0 aliphatic rings. The fourth-order valence-electron chi connectivity index (χ4n) is 6.86. The van der Waals surface area contributed by atoms with Crippen LogP contribution < -0.4 is 0 Å². The molecule has 0 N–H and O–H groups in total. The number of hydrogen-bond donors (Lipinski definition) is 0. The zero-order valence-electron chi connectivity index (χ0n) is 24.1. The number of para-hydroxylation sites is 2. The van der Waals surface area contributed by atoms with Gasteiger partial charge in [-0.3, -0.25) is 0 Å². The van der Waals surface area contributed by atoms with Crippen molar-refractivity contribution in [1.29, 1.82) is 0 Å². The van der Waals surface area contributed by atoms with Crippen LogP contribution >= 0.6 is 0 Å². The van der Waals surface area contributed by atoms with E-state index in [1.807, 2.05) is 0 Å². The first-order valence-electron chi connectivity index (χ1n) is 15.1. The summed E-state index contributed by atoms with van der Waals surface area (Å²) in [5.41, 5.74) is 12.1. The second-order valence-electron chi connectivity index (χ2n) is 11.4. The molecule has 2 heterocycles. The summed E-state index contributed by atoms with van der Waals surface area (Å²) in [7, 11) is 0. The topological polar surface area (TPSA) is 9.86 Å². The van der Waals surface area contributed by atoms with Crippen LogP contribution in [0.5, 0.6) is 0 Å². The second-order valence-corrected chi connectivity index (χ2v) is 11.4. The van der Waals surface area contributed by atoms with Crippen LogP contribution in [0.15, 0.2) is 170 Å². The number of aromatic nitrogens is 2. The summed E-state index contributed by atoms with van der Waals surface area (Å²) in [6.45, 7) is 0. The fraction of sp³-hybridized carbons (Fsp3) is 0. The lowest BCUT2D eigenvalue weighted by atomic mass is 10.0. The van der Waals surface area contributed by atoms with Crippen LogP contribution in [-0.4, -0.2) is 9.13 Å². The molecule has 2 heteroatoms. The summed E-state index contributed by atoms with van der Waals surface area (Å²) in [4.78, 5) is 0. The Morgan fingerprint density at radius 1 is 0.250 bits per heavy atom. The normalized spacial score (nSPS) is 11.6. The third kappa shape index (κ3) is 3.82.